The molecule has 9 nitrogen and oxygen atoms in total. The van der Waals surface area contributed by atoms with Crippen LogP contribution >= 0.6 is 11.8 Å². The molecule has 0 radical (unpaired) electrons. The lowest BCUT2D eigenvalue weighted by Gasteiger charge is -2.43. The maximum Gasteiger partial charge on any atom is 0.319 e. The number of thioether (sulfide) groups is 1. The summed E-state index contributed by atoms with van der Waals surface area (Å²) in [6, 6.07) is 38.6. The van der Waals surface area contributed by atoms with Gasteiger partial charge in [-0.1, -0.05) is 109 Å². The van der Waals surface area contributed by atoms with Gasteiger partial charge in [0.2, 0.25) is 0 Å². The number of anilines is 1. The quantitative estimate of drug-likeness (QED) is 0.0743. The zero-order valence-corrected chi connectivity index (χ0v) is 28.4. The highest BCUT2D eigenvalue weighted by atomic mass is 32.2. The van der Waals surface area contributed by atoms with Crippen LogP contribution in [-0.4, -0.2) is 34.8 Å². The van der Waals surface area contributed by atoms with Crippen molar-refractivity contribution in [2.75, 3.05) is 11.1 Å². The normalized spacial score (nSPS) is 19.3. The van der Waals surface area contributed by atoms with E-state index in [0.29, 0.717) is 28.5 Å². The molecule has 0 bridgehead atoms. The molecular formula is C40H39N3O6S. The first-order valence-electron chi connectivity index (χ1n) is 16.5. The summed E-state index contributed by atoms with van der Waals surface area (Å²) in [5.41, 5.74) is 4.87. The third kappa shape index (κ3) is 8.77. The van der Waals surface area contributed by atoms with E-state index in [2.05, 4.69) is 22.8 Å². The number of ketones is 1. The number of amides is 2. The van der Waals surface area contributed by atoms with E-state index in [1.807, 2.05) is 91.0 Å². The molecule has 1 aliphatic heterocycles. The molecule has 1 saturated heterocycles. The van der Waals surface area contributed by atoms with Crippen LogP contribution in [0.5, 0.6) is 0 Å². The molecule has 3 N–H and O–H groups in total. The number of hydrogen-bond acceptors (Lipinski definition) is 7. The van der Waals surface area contributed by atoms with E-state index in [-0.39, 0.29) is 18.3 Å². The van der Waals surface area contributed by atoms with Crippen LogP contribution in [0.15, 0.2) is 139 Å². The summed E-state index contributed by atoms with van der Waals surface area (Å²) in [6.45, 7) is 1.39. The average Bonchev–Trinajstić information content (AvgIpc) is 3.14. The molecule has 1 fully saturated rings. The highest BCUT2D eigenvalue weighted by molar-refractivity contribution is 7.99. The van der Waals surface area contributed by atoms with E-state index in [4.69, 9.17) is 9.47 Å². The average molecular weight is 690 g/mol. The zero-order chi connectivity index (χ0) is 34.9. The lowest BCUT2D eigenvalue weighted by atomic mass is 9.84. The second-order valence-corrected chi connectivity index (χ2v) is 13.2. The van der Waals surface area contributed by atoms with Gasteiger partial charge < -0.3 is 30.4 Å². The number of rotatable bonds is 12. The maximum absolute atomic E-state index is 13.1. The van der Waals surface area contributed by atoms with Crippen molar-refractivity contribution in [3.8, 4) is 0 Å². The Morgan fingerprint density at radius 3 is 2.22 bits per heavy atom. The van der Waals surface area contributed by atoms with Crippen molar-refractivity contribution in [2.45, 2.75) is 55.4 Å². The Kier molecular flexibility index (Phi) is 11.6. The molecule has 2 amide bonds. The molecule has 6 rings (SSSR count). The number of benzene rings is 4. The van der Waals surface area contributed by atoms with Crippen LogP contribution in [-0.2, 0) is 27.3 Å². The van der Waals surface area contributed by atoms with Crippen LogP contribution in [0.3, 0.4) is 0 Å². The van der Waals surface area contributed by atoms with Crippen molar-refractivity contribution in [3.63, 3.8) is 0 Å². The van der Waals surface area contributed by atoms with E-state index >= 15 is 0 Å². The lowest BCUT2D eigenvalue weighted by molar-refractivity contribution is -0.645. The van der Waals surface area contributed by atoms with E-state index in [9.17, 15) is 19.9 Å². The Hall–Kier alpha value is -5.00. The number of nitrogens with one attached hydrogen (secondary N) is 2. The van der Waals surface area contributed by atoms with Crippen LogP contribution < -0.4 is 15.4 Å². The largest absolute Gasteiger partial charge is 0.618 e. The van der Waals surface area contributed by atoms with Crippen molar-refractivity contribution in [2.24, 2.45) is 0 Å². The predicted octanol–water partition coefficient (Wildman–Crippen LogP) is 6.87. The molecule has 1 unspecified atom stereocenters. The van der Waals surface area contributed by atoms with Gasteiger partial charge in [0.25, 0.3) is 5.03 Å². The molecule has 4 aromatic carbocycles. The fourth-order valence-corrected chi connectivity index (χ4v) is 7.06. The number of pyridine rings is 1. The van der Waals surface area contributed by atoms with Crippen molar-refractivity contribution in [1.29, 1.82) is 0 Å². The second kappa shape index (κ2) is 16.6. The van der Waals surface area contributed by atoms with E-state index < -0.39 is 30.6 Å². The third-order valence-corrected chi connectivity index (χ3v) is 9.76. The van der Waals surface area contributed by atoms with Crippen LogP contribution in [0, 0.1) is 5.21 Å². The van der Waals surface area contributed by atoms with Gasteiger partial charge in [0.05, 0.1) is 24.9 Å². The van der Waals surface area contributed by atoms with Crippen molar-refractivity contribution in [3.05, 3.63) is 167 Å². The fourth-order valence-electron chi connectivity index (χ4n) is 6.08. The van der Waals surface area contributed by atoms with Gasteiger partial charge in [-0.05, 0) is 53.8 Å². The Bertz CT molecular complexity index is 1880. The summed E-state index contributed by atoms with van der Waals surface area (Å²) in [7, 11) is 0. The molecule has 5 aromatic rings. The number of carbonyl (C=O) groups is 2. The van der Waals surface area contributed by atoms with Crippen LogP contribution in [0.1, 0.15) is 53.1 Å². The van der Waals surface area contributed by atoms with Gasteiger partial charge in [0.1, 0.15) is 0 Å². The van der Waals surface area contributed by atoms with Gasteiger partial charge in [0.15, 0.2) is 18.3 Å². The van der Waals surface area contributed by atoms with Gasteiger partial charge in [-0.25, -0.2) is 4.79 Å². The summed E-state index contributed by atoms with van der Waals surface area (Å²) in [5, 5.41) is 28.5. The summed E-state index contributed by atoms with van der Waals surface area (Å²) in [4.78, 5) is 25.5. The van der Waals surface area contributed by atoms with Crippen molar-refractivity contribution < 1.29 is 28.9 Å². The predicted molar refractivity (Wildman–Crippen MR) is 192 cm³/mol. The van der Waals surface area contributed by atoms with Gasteiger partial charge in [-0.2, -0.15) is 4.73 Å². The minimum Gasteiger partial charge on any atom is -0.618 e. The highest BCUT2D eigenvalue weighted by Gasteiger charge is 2.42. The first-order valence-corrected chi connectivity index (χ1v) is 17.4. The Labute approximate surface area is 295 Å². The molecule has 50 heavy (non-hydrogen) atoms. The minimum absolute atomic E-state index is 0.0715. The number of hydrogen-bond donors (Lipinski definition) is 3. The van der Waals surface area contributed by atoms with Gasteiger partial charge in [-0.3, -0.25) is 4.79 Å². The number of ether oxygens (including phenoxy) is 2. The van der Waals surface area contributed by atoms with Gasteiger partial charge in [-0.15, -0.1) is 0 Å². The summed E-state index contributed by atoms with van der Waals surface area (Å²) >= 11 is 1.42. The minimum atomic E-state index is -0.814. The number of Topliss-reactive ketones (excluding diaryl/α,β-unsaturated/α-hetero) is 1. The monoisotopic (exact) mass is 689 g/mol. The molecule has 2 heterocycles. The molecule has 0 spiro atoms. The maximum atomic E-state index is 13.1. The molecule has 10 heteroatoms. The third-order valence-electron chi connectivity index (χ3n) is 8.65. The van der Waals surface area contributed by atoms with Crippen LogP contribution in [0.2, 0.25) is 0 Å². The summed E-state index contributed by atoms with van der Waals surface area (Å²) in [5.74, 6) is 0.0871. The smallest absolute Gasteiger partial charge is 0.319 e. The van der Waals surface area contributed by atoms with Crippen molar-refractivity contribution in [1.82, 2.24) is 5.32 Å². The highest BCUT2D eigenvalue weighted by Crippen LogP contribution is 2.48. The van der Waals surface area contributed by atoms with Gasteiger partial charge in [0, 0.05) is 35.1 Å². The number of carbonyl (C=O) groups excluding carboxylic acids is 2. The van der Waals surface area contributed by atoms with E-state index in [1.165, 1.54) is 24.9 Å². The zero-order valence-electron chi connectivity index (χ0n) is 27.6. The first kappa shape index (κ1) is 34.8. The van der Waals surface area contributed by atoms with Crippen LogP contribution in [0.4, 0.5) is 10.5 Å². The molecule has 1 aliphatic rings. The van der Waals surface area contributed by atoms with Crippen molar-refractivity contribution >= 4 is 29.3 Å². The topological polar surface area (TPSA) is 124 Å². The first-order chi connectivity index (χ1) is 24.4. The molecular weight excluding hydrogens is 651 g/mol. The molecule has 0 saturated carbocycles. The number of aromatic nitrogens is 1. The van der Waals surface area contributed by atoms with E-state index in [1.54, 1.807) is 24.3 Å². The van der Waals surface area contributed by atoms with Crippen LogP contribution in [0.25, 0.3) is 0 Å². The SMILES string of the molecule is CC(=O)[C@@H](Cc1ccccc1)NC(=O)Nc1cccc(C2O[C@H](CSc3cccc[n+]3[O-])[C@@H](c3ccccc3)[C@H](c3ccc(CO)cc3)O2)c1. The number of nitrogens with zero attached hydrogens (tertiary/aromatic N) is 1. The van der Waals surface area contributed by atoms with Gasteiger partial charge >= 0.3 is 6.03 Å². The Balaban J connectivity index is 1.27. The molecule has 256 valence electrons. The number of aliphatic hydroxyl groups is 1. The van der Waals surface area contributed by atoms with E-state index in [0.717, 1.165) is 27.0 Å². The number of urea groups is 1. The fraction of sp³-hybridized carbons (Fsp3) is 0.225. The summed E-state index contributed by atoms with van der Waals surface area (Å²) in [6.07, 6.45) is 0.208. The Morgan fingerprint density at radius 1 is 0.820 bits per heavy atom. The number of aliphatic hydroxyl groups excluding tert-OH is 1. The summed E-state index contributed by atoms with van der Waals surface area (Å²) < 4.78 is 14.4. The molecule has 5 atom stereocenters. The second-order valence-electron chi connectivity index (χ2n) is 12.2. The molecule has 0 aliphatic carbocycles. The Morgan fingerprint density at radius 2 is 1.52 bits per heavy atom. The standard InChI is InChI=1S/C40H39N3O6S/c1-27(45)34(23-28-11-4-2-5-12-28)42-40(46)41-33-16-10-15-32(24-33)39-48-35(26-50-36-17-8-9-22-43(36)47)37(30-13-6-3-7-14-30)38(49-39)31-20-18-29(25-44)19-21-31/h2-22,24,34-35,37-39,44H,23,25-26H2,1H3,(H2,41,42,46)/t34-,35-,37-,38+,39?/m1/s1. The lowest BCUT2D eigenvalue weighted by Crippen LogP contribution is -2.43. The molecule has 1 aromatic heterocycles.